The number of hydrogen-bond acceptors (Lipinski definition) is 4. The highest BCUT2D eigenvalue weighted by molar-refractivity contribution is 5.84. The largest absolute Gasteiger partial charge is 0.508 e. The number of benzene rings is 2. The van der Waals surface area contributed by atoms with Gasteiger partial charge in [0.25, 0.3) is 0 Å². The number of ether oxygens (including phenoxy) is 1. The van der Waals surface area contributed by atoms with E-state index in [9.17, 15) is 9.50 Å². The van der Waals surface area contributed by atoms with Crippen LogP contribution in [0.3, 0.4) is 0 Å². The maximum atomic E-state index is 13.8. The van der Waals surface area contributed by atoms with Crippen molar-refractivity contribution in [3.8, 4) is 28.6 Å². The molecule has 2 N–H and O–H groups in total. The van der Waals surface area contributed by atoms with Crippen LogP contribution < -0.4 is 4.74 Å². The summed E-state index contributed by atoms with van der Waals surface area (Å²) < 4.78 is 19.4. The van der Waals surface area contributed by atoms with E-state index in [1.807, 2.05) is 13.0 Å². The number of nitrogens with zero attached hydrogens (tertiary/aromatic N) is 2. The van der Waals surface area contributed by atoms with Crippen molar-refractivity contribution in [3.05, 3.63) is 66.2 Å². The Kier molecular flexibility index (Phi) is 3.57. The second kappa shape index (κ2) is 5.90. The summed E-state index contributed by atoms with van der Waals surface area (Å²) in [5.41, 5.74) is 2.13. The van der Waals surface area contributed by atoms with Crippen molar-refractivity contribution in [2.45, 2.75) is 6.92 Å². The molecular formula is C19H14FN3O2. The predicted molar refractivity (Wildman–Crippen MR) is 92.2 cm³/mol. The Morgan fingerprint density at radius 3 is 2.76 bits per heavy atom. The molecule has 4 rings (SSSR count). The number of nitrogens with one attached hydrogen (secondary N) is 1. The molecule has 2 heterocycles. The number of H-pyrrole nitrogens is 1. The highest BCUT2D eigenvalue weighted by Gasteiger charge is 2.12. The Balaban J connectivity index is 1.71. The smallest absolute Gasteiger partial charge is 0.165 e. The molecule has 124 valence electrons. The molecule has 0 aliphatic carbocycles. The van der Waals surface area contributed by atoms with Gasteiger partial charge in [0.15, 0.2) is 23.1 Å². The van der Waals surface area contributed by atoms with Crippen LogP contribution in [0.2, 0.25) is 0 Å². The number of aromatic nitrogens is 3. The fraction of sp³-hybridized carbons (Fsp3) is 0.0526. The van der Waals surface area contributed by atoms with E-state index in [2.05, 4.69) is 15.0 Å². The lowest BCUT2D eigenvalue weighted by Gasteiger charge is -2.05. The number of aromatic amines is 1. The molecule has 0 fully saturated rings. The van der Waals surface area contributed by atoms with Crippen molar-refractivity contribution < 1.29 is 14.2 Å². The van der Waals surface area contributed by atoms with Gasteiger partial charge in [0, 0.05) is 18.0 Å². The van der Waals surface area contributed by atoms with Crippen molar-refractivity contribution >= 4 is 11.0 Å². The van der Waals surface area contributed by atoms with Crippen molar-refractivity contribution in [2.24, 2.45) is 0 Å². The molecule has 0 aliphatic rings. The zero-order valence-corrected chi connectivity index (χ0v) is 13.3. The van der Waals surface area contributed by atoms with Crippen LogP contribution in [0.5, 0.6) is 17.2 Å². The minimum absolute atomic E-state index is 0.140. The first-order chi connectivity index (χ1) is 12.1. The van der Waals surface area contributed by atoms with Gasteiger partial charge in [0.1, 0.15) is 11.4 Å². The number of phenolic OH excluding ortho intramolecular Hbond substituents is 1. The van der Waals surface area contributed by atoms with Crippen LogP contribution in [0.4, 0.5) is 4.39 Å². The predicted octanol–water partition coefficient (Wildman–Crippen LogP) is 4.57. The normalized spacial score (nSPS) is 11.0. The Bertz CT molecular complexity index is 1080. The lowest BCUT2D eigenvalue weighted by molar-refractivity contribution is 0.446. The molecule has 0 amide bonds. The maximum absolute atomic E-state index is 13.8. The lowest BCUT2D eigenvalue weighted by atomic mass is 10.1. The number of aromatic hydroxyl groups is 1. The third kappa shape index (κ3) is 2.78. The molecule has 0 atom stereocenters. The molecule has 0 saturated heterocycles. The van der Waals surface area contributed by atoms with Gasteiger partial charge < -0.3 is 14.8 Å². The first kappa shape index (κ1) is 15.1. The number of phenols is 1. The zero-order valence-electron chi connectivity index (χ0n) is 13.3. The van der Waals surface area contributed by atoms with Crippen LogP contribution in [-0.4, -0.2) is 20.1 Å². The molecule has 0 radical (unpaired) electrons. The second-order valence-corrected chi connectivity index (χ2v) is 5.64. The van der Waals surface area contributed by atoms with Crippen LogP contribution in [-0.2, 0) is 0 Å². The molecule has 2 aromatic carbocycles. The van der Waals surface area contributed by atoms with Crippen LogP contribution in [0.25, 0.3) is 22.4 Å². The van der Waals surface area contributed by atoms with Crippen molar-refractivity contribution in [3.63, 3.8) is 0 Å². The number of aryl methyl sites for hydroxylation is 1. The minimum atomic E-state index is -0.436. The van der Waals surface area contributed by atoms with E-state index in [1.54, 1.807) is 42.7 Å². The van der Waals surface area contributed by atoms with E-state index in [1.165, 1.54) is 6.07 Å². The highest BCUT2D eigenvalue weighted by Crippen LogP contribution is 2.31. The number of para-hydroxylation sites is 1. The van der Waals surface area contributed by atoms with Gasteiger partial charge in [-0.3, -0.25) is 0 Å². The zero-order chi connectivity index (χ0) is 17.4. The van der Waals surface area contributed by atoms with Gasteiger partial charge in [0.2, 0.25) is 0 Å². The molecular weight excluding hydrogens is 321 g/mol. The molecule has 0 unspecified atom stereocenters. The van der Waals surface area contributed by atoms with E-state index in [4.69, 9.17) is 4.74 Å². The van der Waals surface area contributed by atoms with Crippen LogP contribution in [0, 0.1) is 12.7 Å². The van der Waals surface area contributed by atoms with Gasteiger partial charge in [-0.25, -0.2) is 14.4 Å². The van der Waals surface area contributed by atoms with E-state index in [0.29, 0.717) is 22.6 Å². The number of rotatable bonds is 3. The van der Waals surface area contributed by atoms with Gasteiger partial charge in [-0.15, -0.1) is 0 Å². The summed E-state index contributed by atoms with van der Waals surface area (Å²) in [5.74, 6) is 0.907. The quantitative estimate of drug-likeness (QED) is 0.575. The highest BCUT2D eigenvalue weighted by atomic mass is 19.1. The molecule has 5 nitrogen and oxygen atoms in total. The Labute approximate surface area is 142 Å². The van der Waals surface area contributed by atoms with Crippen LogP contribution in [0.1, 0.15) is 5.56 Å². The SMILES string of the molecule is Cc1cc(-c2ncc3c(Oc4ccccc4F)c[nH]c3n2)ccc1O. The first-order valence-electron chi connectivity index (χ1n) is 7.68. The fourth-order valence-corrected chi connectivity index (χ4v) is 2.55. The van der Waals surface area contributed by atoms with Gasteiger partial charge in [-0.2, -0.15) is 0 Å². The van der Waals surface area contributed by atoms with Gasteiger partial charge >= 0.3 is 0 Å². The standard InChI is InChI=1S/C19H14FN3O2/c1-11-8-12(6-7-15(11)24)18-21-9-13-17(10-22-19(13)23-18)25-16-5-3-2-4-14(16)20/h2-10,24H,1H3,(H,21,22,23). The van der Waals surface area contributed by atoms with E-state index in [-0.39, 0.29) is 11.5 Å². The van der Waals surface area contributed by atoms with Crippen molar-refractivity contribution in [1.29, 1.82) is 0 Å². The van der Waals surface area contributed by atoms with Gasteiger partial charge in [-0.05, 0) is 42.8 Å². The number of hydrogen-bond donors (Lipinski definition) is 2. The summed E-state index contributed by atoms with van der Waals surface area (Å²) in [6.45, 7) is 1.81. The van der Waals surface area contributed by atoms with Crippen LogP contribution >= 0.6 is 0 Å². The summed E-state index contributed by atoms with van der Waals surface area (Å²) >= 11 is 0. The molecule has 25 heavy (non-hydrogen) atoms. The third-order valence-electron chi connectivity index (χ3n) is 3.91. The summed E-state index contributed by atoms with van der Waals surface area (Å²) in [6, 6.07) is 11.4. The Hall–Kier alpha value is -3.41. The topological polar surface area (TPSA) is 71.0 Å². The van der Waals surface area contributed by atoms with Crippen molar-refractivity contribution in [1.82, 2.24) is 15.0 Å². The number of fused-ring (bicyclic) bond motifs is 1. The molecule has 4 aromatic rings. The fourth-order valence-electron chi connectivity index (χ4n) is 2.55. The third-order valence-corrected chi connectivity index (χ3v) is 3.91. The molecule has 0 saturated carbocycles. The van der Waals surface area contributed by atoms with Gasteiger partial charge in [0.05, 0.1) is 5.39 Å². The Morgan fingerprint density at radius 1 is 1.12 bits per heavy atom. The molecule has 0 bridgehead atoms. The Morgan fingerprint density at radius 2 is 1.96 bits per heavy atom. The number of halogens is 1. The summed E-state index contributed by atoms with van der Waals surface area (Å²) in [6.07, 6.45) is 3.25. The van der Waals surface area contributed by atoms with E-state index in [0.717, 1.165) is 11.1 Å². The summed E-state index contributed by atoms with van der Waals surface area (Å²) in [4.78, 5) is 11.9. The monoisotopic (exact) mass is 335 g/mol. The minimum Gasteiger partial charge on any atom is -0.508 e. The van der Waals surface area contributed by atoms with Crippen LogP contribution in [0.15, 0.2) is 54.9 Å². The molecule has 0 aliphatic heterocycles. The van der Waals surface area contributed by atoms with Crippen molar-refractivity contribution in [2.75, 3.05) is 0 Å². The molecule has 0 spiro atoms. The lowest BCUT2D eigenvalue weighted by Crippen LogP contribution is -1.91. The summed E-state index contributed by atoms with van der Waals surface area (Å²) in [5, 5.41) is 10.3. The first-order valence-corrected chi connectivity index (χ1v) is 7.68. The summed E-state index contributed by atoms with van der Waals surface area (Å²) in [7, 11) is 0. The van der Waals surface area contributed by atoms with E-state index >= 15 is 0 Å². The average molecular weight is 335 g/mol. The van der Waals surface area contributed by atoms with E-state index < -0.39 is 5.82 Å². The average Bonchev–Trinajstić information content (AvgIpc) is 3.01. The second-order valence-electron chi connectivity index (χ2n) is 5.64. The molecule has 6 heteroatoms. The maximum Gasteiger partial charge on any atom is 0.165 e. The van der Waals surface area contributed by atoms with Gasteiger partial charge in [-0.1, -0.05) is 12.1 Å². The molecule has 2 aromatic heterocycles.